The van der Waals surface area contributed by atoms with Gasteiger partial charge in [-0.15, -0.1) is 11.8 Å². The molecule has 0 bridgehead atoms. The molecule has 0 heterocycles. The van der Waals surface area contributed by atoms with E-state index in [0.717, 1.165) is 23.4 Å². The van der Waals surface area contributed by atoms with Gasteiger partial charge in [-0.25, -0.2) is 0 Å². The average Bonchev–Trinajstić information content (AvgIpc) is 2.45. The minimum Gasteiger partial charge on any atom is -0.381 e. The largest absolute Gasteiger partial charge is 0.416 e. The summed E-state index contributed by atoms with van der Waals surface area (Å²) in [7, 11) is 0. The third-order valence-corrected chi connectivity index (χ3v) is 3.61. The van der Waals surface area contributed by atoms with Crippen LogP contribution in [0.3, 0.4) is 0 Å². The molecule has 0 atom stereocenters. The summed E-state index contributed by atoms with van der Waals surface area (Å²) in [6.45, 7) is 0.497. The first-order valence-corrected chi connectivity index (χ1v) is 7.25. The van der Waals surface area contributed by atoms with Crippen LogP contribution in [0.15, 0.2) is 53.4 Å². The van der Waals surface area contributed by atoms with E-state index in [9.17, 15) is 13.2 Å². The number of alkyl halides is 3. The second-order valence-electron chi connectivity index (χ2n) is 4.28. The minimum atomic E-state index is -4.28. The molecule has 0 aliphatic rings. The Kier molecular flexibility index (Phi) is 4.60. The van der Waals surface area contributed by atoms with Crippen LogP contribution in [0.5, 0.6) is 0 Å². The molecule has 2 aromatic rings. The highest BCUT2D eigenvalue weighted by Gasteiger charge is 2.29. The van der Waals surface area contributed by atoms with Gasteiger partial charge in [0.1, 0.15) is 0 Å². The molecule has 0 saturated carbocycles. The number of rotatable bonds is 4. The summed E-state index contributed by atoms with van der Waals surface area (Å²) in [5, 5.41) is 3.18. The van der Waals surface area contributed by atoms with Gasteiger partial charge in [0.05, 0.1) is 5.56 Å². The van der Waals surface area contributed by atoms with Crippen LogP contribution in [-0.4, -0.2) is 6.26 Å². The zero-order valence-corrected chi connectivity index (χ0v) is 11.7. The van der Waals surface area contributed by atoms with E-state index in [2.05, 4.69) is 5.32 Å². The normalized spacial score (nSPS) is 11.4. The topological polar surface area (TPSA) is 12.0 Å². The molecule has 20 heavy (non-hydrogen) atoms. The van der Waals surface area contributed by atoms with Crippen LogP contribution in [-0.2, 0) is 12.7 Å². The van der Waals surface area contributed by atoms with Gasteiger partial charge >= 0.3 is 6.18 Å². The molecule has 0 unspecified atom stereocenters. The Morgan fingerprint density at radius 1 is 0.950 bits per heavy atom. The zero-order chi connectivity index (χ0) is 14.6. The highest BCUT2D eigenvalue weighted by Crippen LogP contribution is 2.29. The maximum Gasteiger partial charge on any atom is 0.416 e. The summed E-state index contributed by atoms with van der Waals surface area (Å²) in [5.74, 6) is 0. The third kappa shape index (κ3) is 3.93. The van der Waals surface area contributed by atoms with Gasteiger partial charge in [0.2, 0.25) is 0 Å². The lowest BCUT2D eigenvalue weighted by Crippen LogP contribution is -2.05. The molecule has 5 heteroatoms. The number of nitrogens with one attached hydrogen (secondary N) is 1. The number of benzene rings is 2. The predicted molar refractivity (Wildman–Crippen MR) is 77.0 cm³/mol. The Morgan fingerprint density at radius 3 is 2.05 bits per heavy atom. The van der Waals surface area contributed by atoms with Crippen LogP contribution >= 0.6 is 11.8 Å². The molecule has 1 N–H and O–H groups in total. The SMILES string of the molecule is CSc1ccc(NCc2ccc(C(F)(F)F)cc2)cc1. The maximum atomic E-state index is 12.4. The zero-order valence-electron chi connectivity index (χ0n) is 10.9. The van der Waals surface area contributed by atoms with Crippen LogP contribution in [0.4, 0.5) is 18.9 Å². The van der Waals surface area contributed by atoms with Gasteiger partial charge < -0.3 is 5.32 Å². The standard InChI is InChI=1S/C15H14F3NS/c1-20-14-8-6-13(7-9-14)19-10-11-2-4-12(5-3-11)15(16,17)18/h2-9,19H,10H2,1H3. The van der Waals surface area contributed by atoms with E-state index in [1.165, 1.54) is 17.0 Å². The molecule has 0 spiro atoms. The van der Waals surface area contributed by atoms with Crippen molar-refractivity contribution in [2.75, 3.05) is 11.6 Å². The van der Waals surface area contributed by atoms with Crippen molar-refractivity contribution in [2.24, 2.45) is 0 Å². The first kappa shape index (κ1) is 14.8. The maximum absolute atomic E-state index is 12.4. The number of thioether (sulfide) groups is 1. The van der Waals surface area contributed by atoms with Gasteiger partial charge in [-0.05, 0) is 48.2 Å². The Labute approximate surface area is 120 Å². The van der Waals surface area contributed by atoms with E-state index in [1.807, 2.05) is 30.5 Å². The molecule has 0 amide bonds. The lowest BCUT2D eigenvalue weighted by Gasteiger charge is -2.09. The fourth-order valence-corrected chi connectivity index (χ4v) is 2.13. The van der Waals surface area contributed by atoms with Crippen LogP contribution in [0.2, 0.25) is 0 Å². The number of hydrogen-bond donors (Lipinski definition) is 1. The van der Waals surface area contributed by atoms with Crippen molar-refractivity contribution in [2.45, 2.75) is 17.6 Å². The number of hydrogen-bond acceptors (Lipinski definition) is 2. The lowest BCUT2D eigenvalue weighted by atomic mass is 10.1. The molecule has 1 nitrogen and oxygen atoms in total. The molecule has 2 rings (SSSR count). The van der Waals surface area contributed by atoms with Gasteiger partial charge in [0, 0.05) is 17.1 Å². The molecular weight excluding hydrogens is 283 g/mol. The first-order valence-electron chi connectivity index (χ1n) is 6.03. The molecule has 2 aromatic carbocycles. The number of halogens is 3. The molecule has 106 valence electrons. The van der Waals surface area contributed by atoms with Crippen molar-refractivity contribution >= 4 is 17.4 Å². The second kappa shape index (κ2) is 6.22. The highest BCUT2D eigenvalue weighted by molar-refractivity contribution is 7.98. The average molecular weight is 297 g/mol. The van der Waals surface area contributed by atoms with Gasteiger partial charge in [-0.1, -0.05) is 12.1 Å². The summed E-state index contributed by atoms with van der Waals surface area (Å²) in [5.41, 5.74) is 1.14. The second-order valence-corrected chi connectivity index (χ2v) is 5.16. The predicted octanol–water partition coefficient (Wildman–Crippen LogP) is 5.04. The van der Waals surface area contributed by atoms with Crippen molar-refractivity contribution in [1.29, 1.82) is 0 Å². The molecule has 0 aliphatic heterocycles. The molecule has 0 fully saturated rings. The van der Waals surface area contributed by atoms with E-state index in [4.69, 9.17) is 0 Å². The van der Waals surface area contributed by atoms with E-state index < -0.39 is 11.7 Å². The summed E-state index contributed by atoms with van der Waals surface area (Å²) >= 11 is 1.66. The van der Waals surface area contributed by atoms with Crippen LogP contribution in [0, 0.1) is 0 Å². The van der Waals surface area contributed by atoms with Crippen molar-refractivity contribution < 1.29 is 13.2 Å². The quantitative estimate of drug-likeness (QED) is 0.793. The molecular formula is C15H14F3NS. The van der Waals surface area contributed by atoms with E-state index in [-0.39, 0.29) is 0 Å². The Hall–Kier alpha value is -1.62. The van der Waals surface area contributed by atoms with E-state index in [0.29, 0.717) is 6.54 Å². The van der Waals surface area contributed by atoms with E-state index >= 15 is 0 Å². The summed E-state index contributed by atoms with van der Waals surface area (Å²) < 4.78 is 37.3. The van der Waals surface area contributed by atoms with Gasteiger partial charge in [-0.3, -0.25) is 0 Å². The molecule has 0 radical (unpaired) electrons. The smallest absolute Gasteiger partial charge is 0.381 e. The number of anilines is 1. The van der Waals surface area contributed by atoms with E-state index in [1.54, 1.807) is 11.8 Å². The third-order valence-electron chi connectivity index (χ3n) is 2.87. The Balaban J connectivity index is 1.96. The van der Waals surface area contributed by atoms with Crippen molar-refractivity contribution in [1.82, 2.24) is 0 Å². The van der Waals surface area contributed by atoms with Crippen LogP contribution < -0.4 is 5.32 Å². The molecule has 0 aromatic heterocycles. The summed E-state index contributed by atoms with van der Waals surface area (Å²) in [6, 6.07) is 13.1. The summed E-state index contributed by atoms with van der Waals surface area (Å²) in [4.78, 5) is 1.17. The van der Waals surface area contributed by atoms with Crippen molar-refractivity contribution in [3.63, 3.8) is 0 Å². The monoisotopic (exact) mass is 297 g/mol. The van der Waals surface area contributed by atoms with Crippen molar-refractivity contribution in [3.05, 3.63) is 59.7 Å². The lowest BCUT2D eigenvalue weighted by molar-refractivity contribution is -0.137. The fraction of sp³-hybridized carbons (Fsp3) is 0.200. The fourth-order valence-electron chi connectivity index (χ4n) is 1.72. The molecule has 0 saturated heterocycles. The Morgan fingerprint density at radius 2 is 1.55 bits per heavy atom. The van der Waals surface area contributed by atoms with Crippen LogP contribution in [0.1, 0.15) is 11.1 Å². The summed E-state index contributed by atoms with van der Waals surface area (Å²) in [6.07, 6.45) is -2.27. The minimum absolute atomic E-state index is 0.497. The van der Waals surface area contributed by atoms with Crippen LogP contribution in [0.25, 0.3) is 0 Å². The van der Waals surface area contributed by atoms with Gasteiger partial charge in [0.25, 0.3) is 0 Å². The van der Waals surface area contributed by atoms with Crippen molar-refractivity contribution in [3.8, 4) is 0 Å². The first-order chi connectivity index (χ1) is 9.49. The Bertz CT molecular complexity index is 547. The molecule has 0 aliphatic carbocycles. The van der Waals surface area contributed by atoms with Gasteiger partial charge in [0.15, 0.2) is 0 Å². The van der Waals surface area contributed by atoms with Gasteiger partial charge in [-0.2, -0.15) is 13.2 Å². The highest BCUT2D eigenvalue weighted by atomic mass is 32.2.